The van der Waals surface area contributed by atoms with E-state index in [0.29, 0.717) is 17.1 Å². The molecule has 1 heterocycles. The van der Waals surface area contributed by atoms with Crippen LogP contribution in [0.4, 0.5) is 4.39 Å². The number of hydrogen-bond acceptors (Lipinski definition) is 2. The molecule has 0 saturated heterocycles. The minimum Gasteiger partial charge on any atom is -0.346 e. The van der Waals surface area contributed by atoms with E-state index in [1.165, 1.54) is 13.8 Å². The van der Waals surface area contributed by atoms with Crippen LogP contribution in [0.25, 0.3) is 0 Å². The van der Waals surface area contributed by atoms with Crippen molar-refractivity contribution in [2.75, 3.05) is 0 Å². The lowest BCUT2D eigenvalue weighted by Gasteiger charge is -2.24. The largest absolute Gasteiger partial charge is 0.346 e. The van der Waals surface area contributed by atoms with Crippen molar-refractivity contribution >= 4 is 0 Å². The molecule has 2 nitrogen and oxygen atoms in total. The van der Waals surface area contributed by atoms with Crippen molar-refractivity contribution in [2.24, 2.45) is 0 Å². The van der Waals surface area contributed by atoms with Crippen LogP contribution in [0.15, 0.2) is 49.2 Å². The van der Waals surface area contributed by atoms with Crippen LogP contribution in [-0.2, 0) is 0 Å². The van der Waals surface area contributed by atoms with Gasteiger partial charge in [-0.05, 0) is 13.8 Å². The first-order chi connectivity index (χ1) is 6.38. The van der Waals surface area contributed by atoms with Crippen molar-refractivity contribution in [1.82, 2.24) is 10.2 Å². The Bertz CT molecular complexity index is 321. The van der Waals surface area contributed by atoms with E-state index in [1.807, 2.05) is 0 Å². The molecule has 0 radical (unpaired) electrons. The molecule has 14 heavy (non-hydrogen) atoms. The van der Waals surface area contributed by atoms with E-state index in [2.05, 4.69) is 25.1 Å². The number of hydrogen-bond donors (Lipinski definition) is 1. The third-order valence-electron chi connectivity index (χ3n) is 2.14. The summed E-state index contributed by atoms with van der Waals surface area (Å²) in [6.45, 7) is 14.0. The van der Waals surface area contributed by atoms with Gasteiger partial charge in [-0.25, -0.2) is 4.39 Å². The second-order valence-corrected chi connectivity index (χ2v) is 3.62. The average molecular weight is 194 g/mol. The fourth-order valence-corrected chi connectivity index (χ4v) is 1.18. The molecular formula is C11H15FN2. The maximum Gasteiger partial charge on any atom is 0.131 e. The predicted molar refractivity (Wildman–Crippen MR) is 56.7 cm³/mol. The lowest BCUT2D eigenvalue weighted by molar-refractivity contribution is 0.267. The zero-order valence-corrected chi connectivity index (χ0v) is 8.60. The summed E-state index contributed by atoms with van der Waals surface area (Å²) in [4.78, 5) is 1.67. The standard InChI is InChI=1S/C11H15FN2/c1-6-14-9(3)13-7-10(14)8(2)11(4,5)12/h6-7,13H,1-3H2,4-5H3. The Kier molecular flexibility index (Phi) is 2.51. The third kappa shape index (κ3) is 1.71. The third-order valence-corrected chi connectivity index (χ3v) is 2.14. The fraction of sp³-hybridized carbons (Fsp3) is 0.273. The Balaban J connectivity index is 2.95. The molecule has 0 unspecified atom stereocenters. The first-order valence-electron chi connectivity index (χ1n) is 4.34. The van der Waals surface area contributed by atoms with Gasteiger partial charge in [-0.1, -0.05) is 19.7 Å². The van der Waals surface area contributed by atoms with Crippen molar-refractivity contribution in [3.63, 3.8) is 0 Å². The van der Waals surface area contributed by atoms with Gasteiger partial charge in [0.25, 0.3) is 0 Å². The summed E-state index contributed by atoms with van der Waals surface area (Å²) in [6, 6.07) is 0. The molecule has 0 bridgehead atoms. The molecule has 76 valence electrons. The minimum atomic E-state index is -1.45. The molecule has 0 aromatic carbocycles. The quantitative estimate of drug-likeness (QED) is 0.743. The van der Waals surface area contributed by atoms with Crippen molar-refractivity contribution < 1.29 is 4.39 Å². The number of nitrogens with zero attached hydrogens (tertiary/aromatic N) is 1. The van der Waals surface area contributed by atoms with E-state index in [0.717, 1.165) is 0 Å². The summed E-state index contributed by atoms with van der Waals surface area (Å²) in [5.41, 5.74) is -0.375. The number of rotatable bonds is 3. The Morgan fingerprint density at radius 2 is 2.21 bits per heavy atom. The summed E-state index contributed by atoms with van der Waals surface area (Å²) < 4.78 is 13.6. The molecule has 0 atom stereocenters. The van der Waals surface area contributed by atoms with Crippen LogP contribution in [0, 0.1) is 0 Å². The molecule has 0 aliphatic carbocycles. The van der Waals surface area contributed by atoms with Crippen molar-refractivity contribution in [1.29, 1.82) is 0 Å². The van der Waals surface area contributed by atoms with Crippen LogP contribution >= 0.6 is 0 Å². The number of halogens is 1. The van der Waals surface area contributed by atoms with E-state index >= 15 is 0 Å². The van der Waals surface area contributed by atoms with Gasteiger partial charge in [0.1, 0.15) is 11.5 Å². The van der Waals surface area contributed by atoms with Gasteiger partial charge < -0.3 is 10.2 Å². The first kappa shape index (κ1) is 10.6. The molecule has 1 aliphatic heterocycles. The van der Waals surface area contributed by atoms with E-state index in [1.54, 1.807) is 17.3 Å². The summed E-state index contributed by atoms with van der Waals surface area (Å²) in [5, 5.41) is 2.89. The smallest absolute Gasteiger partial charge is 0.131 e. The van der Waals surface area contributed by atoms with E-state index < -0.39 is 5.67 Å². The molecule has 0 aromatic heterocycles. The minimum absolute atomic E-state index is 0.406. The van der Waals surface area contributed by atoms with Gasteiger partial charge >= 0.3 is 0 Å². The van der Waals surface area contributed by atoms with Gasteiger partial charge in [-0.15, -0.1) is 0 Å². The zero-order valence-electron chi connectivity index (χ0n) is 8.60. The van der Waals surface area contributed by atoms with Gasteiger partial charge in [0, 0.05) is 18.0 Å². The molecule has 0 saturated carbocycles. The highest BCUT2D eigenvalue weighted by Crippen LogP contribution is 2.31. The molecule has 0 amide bonds. The van der Waals surface area contributed by atoms with Gasteiger partial charge in [0.2, 0.25) is 0 Å². The van der Waals surface area contributed by atoms with Crippen molar-refractivity contribution in [2.45, 2.75) is 19.5 Å². The highest BCUT2D eigenvalue weighted by Gasteiger charge is 2.28. The van der Waals surface area contributed by atoms with E-state index in [-0.39, 0.29) is 0 Å². The fourth-order valence-electron chi connectivity index (χ4n) is 1.18. The molecule has 1 aliphatic rings. The van der Waals surface area contributed by atoms with Crippen molar-refractivity contribution in [3.8, 4) is 0 Å². The SMILES string of the molecule is C=CN1C(=C)NC=C1C(=C)C(C)(C)F. The summed E-state index contributed by atoms with van der Waals surface area (Å²) in [7, 11) is 0. The molecule has 3 heteroatoms. The normalized spacial score (nSPS) is 16.4. The summed E-state index contributed by atoms with van der Waals surface area (Å²) in [5.74, 6) is 0.653. The van der Waals surface area contributed by atoms with Gasteiger partial charge in [0.05, 0.1) is 5.70 Å². The molecule has 0 fully saturated rings. The highest BCUT2D eigenvalue weighted by atomic mass is 19.1. The molecule has 1 N–H and O–H groups in total. The summed E-state index contributed by atoms with van der Waals surface area (Å²) >= 11 is 0. The van der Waals surface area contributed by atoms with Crippen molar-refractivity contribution in [3.05, 3.63) is 49.2 Å². The average Bonchev–Trinajstić information content (AvgIpc) is 2.43. The maximum atomic E-state index is 13.6. The number of allylic oxidation sites excluding steroid dienone is 1. The van der Waals surface area contributed by atoms with Crippen LogP contribution in [0.1, 0.15) is 13.8 Å². The number of nitrogens with one attached hydrogen (secondary N) is 1. The van der Waals surface area contributed by atoms with Gasteiger partial charge in [0.15, 0.2) is 0 Å². The predicted octanol–water partition coefficient (Wildman–Crippen LogP) is 2.65. The Hall–Kier alpha value is -1.51. The second kappa shape index (κ2) is 3.33. The Labute approximate surface area is 84.1 Å². The number of alkyl halides is 1. The molecular weight excluding hydrogens is 179 g/mol. The first-order valence-corrected chi connectivity index (χ1v) is 4.34. The van der Waals surface area contributed by atoms with E-state index in [4.69, 9.17) is 0 Å². The van der Waals surface area contributed by atoms with Crippen LogP contribution in [0.3, 0.4) is 0 Å². The highest BCUT2D eigenvalue weighted by molar-refractivity contribution is 5.40. The Morgan fingerprint density at radius 3 is 2.64 bits per heavy atom. The van der Waals surface area contributed by atoms with Crippen LogP contribution < -0.4 is 5.32 Å². The van der Waals surface area contributed by atoms with Crippen LogP contribution in [0.5, 0.6) is 0 Å². The lowest BCUT2D eigenvalue weighted by atomic mass is 9.99. The van der Waals surface area contributed by atoms with Crippen LogP contribution in [-0.4, -0.2) is 10.6 Å². The summed E-state index contributed by atoms with van der Waals surface area (Å²) in [6.07, 6.45) is 3.25. The second-order valence-electron chi connectivity index (χ2n) is 3.62. The molecule has 0 aromatic rings. The van der Waals surface area contributed by atoms with Gasteiger partial charge in [-0.3, -0.25) is 0 Å². The van der Waals surface area contributed by atoms with Crippen LogP contribution in [0.2, 0.25) is 0 Å². The monoisotopic (exact) mass is 194 g/mol. The topological polar surface area (TPSA) is 15.3 Å². The molecule has 0 spiro atoms. The maximum absolute atomic E-state index is 13.6. The Morgan fingerprint density at radius 1 is 1.64 bits per heavy atom. The van der Waals surface area contributed by atoms with E-state index in [9.17, 15) is 4.39 Å². The van der Waals surface area contributed by atoms with Gasteiger partial charge in [-0.2, -0.15) is 0 Å². The molecule has 1 rings (SSSR count). The zero-order chi connectivity index (χ0) is 10.9. The lowest BCUT2D eigenvalue weighted by Crippen LogP contribution is -2.22.